The number of benzene rings is 2. The zero-order valence-corrected chi connectivity index (χ0v) is 16.6. The molecule has 2 N–H and O–H groups in total. The average Bonchev–Trinajstić information content (AvgIpc) is 3.25. The molecule has 2 heterocycles. The summed E-state index contributed by atoms with van der Waals surface area (Å²) in [7, 11) is 2.05. The Bertz CT molecular complexity index is 814. The van der Waals surface area contributed by atoms with Crippen LogP contribution in [-0.4, -0.2) is 17.0 Å². The molecule has 1 aliphatic rings. The van der Waals surface area contributed by atoms with Gasteiger partial charge in [-0.05, 0) is 12.5 Å². The van der Waals surface area contributed by atoms with Crippen LogP contribution in [0.5, 0.6) is 0 Å². The van der Waals surface area contributed by atoms with E-state index in [0.29, 0.717) is 0 Å². The van der Waals surface area contributed by atoms with Gasteiger partial charge < -0.3 is 0 Å². The van der Waals surface area contributed by atoms with Gasteiger partial charge in [-0.1, -0.05) is 70.1 Å². The summed E-state index contributed by atoms with van der Waals surface area (Å²) in [5.74, 6) is 0. The van der Waals surface area contributed by atoms with E-state index in [4.69, 9.17) is 0 Å². The van der Waals surface area contributed by atoms with Gasteiger partial charge in [0.1, 0.15) is 0 Å². The molecular formula is C18H21BrN5S+. The Morgan fingerprint density at radius 3 is 2.28 bits per heavy atom. The predicted octanol–water partition coefficient (Wildman–Crippen LogP) is 4.10. The molecule has 2 unspecified atom stereocenters. The molecule has 0 amide bonds. The molecule has 0 aliphatic carbocycles. The monoisotopic (exact) mass is 418 g/mol. The molecule has 0 spiro atoms. The average molecular weight is 419 g/mol. The summed E-state index contributed by atoms with van der Waals surface area (Å²) in [6.07, 6.45) is 1.84. The van der Waals surface area contributed by atoms with Gasteiger partial charge in [0.15, 0.2) is 11.4 Å². The van der Waals surface area contributed by atoms with Gasteiger partial charge in [0, 0.05) is 30.8 Å². The summed E-state index contributed by atoms with van der Waals surface area (Å²) >= 11 is 1.62. The van der Waals surface area contributed by atoms with Crippen molar-refractivity contribution in [2.45, 2.75) is 12.6 Å². The van der Waals surface area contributed by atoms with Gasteiger partial charge in [-0.3, -0.25) is 0 Å². The highest BCUT2D eigenvalue weighted by molar-refractivity contribution is 8.93. The summed E-state index contributed by atoms with van der Waals surface area (Å²) < 4.78 is 0.278. The van der Waals surface area contributed by atoms with Crippen LogP contribution in [0.15, 0.2) is 72.2 Å². The first kappa shape index (κ1) is 18.2. The highest BCUT2D eigenvalue weighted by atomic mass is 79.9. The van der Waals surface area contributed by atoms with Gasteiger partial charge >= 0.3 is 5.13 Å². The summed E-state index contributed by atoms with van der Waals surface area (Å²) in [5.41, 5.74) is 9.23. The summed E-state index contributed by atoms with van der Waals surface area (Å²) in [4.78, 5) is 4.58. The number of rotatable bonds is 3. The smallest absolute Gasteiger partial charge is 0.190 e. The summed E-state index contributed by atoms with van der Waals surface area (Å²) in [5, 5.41) is 5.05. The number of halogens is 1. The van der Waals surface area contributed by atoms with Crippen LogP contribution >= 0.6 is 28.3 Å². The molecule has 1 aromatic heterocycles. The van der Waals surface area contributed by atoms with Crippen molar-refractivity contribution in [1.29, 1.82) is 0 Å². The number of nitrogens with one attached hydrogen (secondary N) is 2. The van der Waals surface area contributed by atoms with Crippen LogP contribution in [0, 0.1) is 0 Å². The molecule has 1 fully saturated rings. The highest BCUT2D eigenvalue weighted by Gasteiger charge is 2.55. The molecular weight excluding hydrogens is 398 g/mol. The topological polar surface area (TPSA) is 40.2 Å². The molecule has 0 saturated carbocycles. The summed E-state index contributed by atoms with van der Waals surface area (Å²) in [6.45, 7) is 2.17. The molecule has 0 bridgehead atoms. The number of hydrogen-bond acceptors (Lipinski definition) is 5. The Labute approximate surface area is 162 Å². The number of aromatic nitrogens is 1. The van der Waals surface area contributed by atoms with Gasteiger partial charge in [-0.25, -0.2) is 0 Å². The second kappa shape index (κ2) is 6.95. The third-order valence-electron chi connectivity index (χ3n) is 4.54. The lowest BCUT2D eigenvalue weighted by Gasteiger charge is -2.29. The molecule has 7 heteroatoms. The van der Waals surface area contributed by atoms with Gasteiger partial charge in [-0.2, -0.15) is 9.99 Å². The number of hydrogen-bond donors (Lipinski definition) is 2. The highest BCUT2D eigenvalue weighted by Crippen LogP contribution is 2.40. The van der Waals surface area contributed by atoms with E-state index < -0.39 is 0 Å². The lowest BCUT2D eigenvalue weighted by atomic mass is 10.0. The Morgan fingerprint density at radius 2 is 1.68 bits per heavy atom. The largest absolute Gasteiger partial charge is 0.332 e. The van der Waals surface area contributed by atoms with Crippen LogP contribution in [0.2, 0.25) is 0 Å². The van der Waals surface area contributed by atoms with Crippen molar-refractivity contribution in [3.63, 3.8) is 0 Å². The number of quaternary nitrogens is 1. The van der Waals surface area contributed by atoms with Crippen LogP contribution in [-0.2, 0) is 5.66 Å². The van der Waals surface area contributed by atoms with E-state index in [1.165, 1.54) is 5.56 Å². The van der Waals surface area contributed by atoms with E-state index in [-0.39, 0.29) is 27.3 Å². The van der Waals surface area contributed by atoms with Crippen molar-refractivity contribution in [3.05, 3.63) is 77.8 Å². The molecule has 1 aliphatic heterocycles. The minimum absolute atomic E-state index is 0. The normalized spacial score (nSPS) is 26.3. The lowest BCUT2D eigenvalue weighted by molar-refractivity contribution is 0.121. The van der Waals surface area contributed by atoms with Gasteiger partial charge in [0.05, 0.1) is 0 Å². The molecule has 2 aromatic carbocycles. The van der Waals surface area contributed by atoms with Crippen molar-refractivity contribution in [2.24, 2.45) is 0 Å². The fraction of sp³-hybridized carbons (Fsp3) is 0.167. The third-order valence-corrected chi connectivity index (χ3v) is 5.39. The van der Waals surface area contributed by atoms with E-state index in [1.54, 1.807) is 11.3 Å². The van der Waals surface area contributed by atoms with E-state index in [1.807, 2.05) is 35.8 Å². The van der Waals surface area contributed by atoms with Crippen LogP contribution in [0.1, 0.15) is 12.5 Å². The SMILES string of the molecule is Br.CN1N[N+](c2ccccc2)(c2nccs2)NC1(C)c1ccccc1. The maximum absolute atomic E-state index is 4.58. The number of nitrogens with zero attached hydrogens (tertiary/aromatic N) is 3. The number of para-hydroxylation sites is 1. The molecule has 4 rings (SSSR count). The number of thiazole rings is 1. The second-order valence-corrected chi connectivity index (χ2v) is 6.90. The first-order valence-corrected chi connectivity index (χ1v) is 8.74. The first-order chi connectivity index (χ1) is 11.7. The van der Waals surface area contributed by atoms with Crippen LogP contribution < -0.4 is 15.7 Å². The van der Waals surface area contributed by atoms with E-state index in [9.17, 15) is 0 Å². The summed E-state index contributed by atoms with van der Waals surface area (Å²) in [6, 6.07) is 20.8. The van der Waals surface area contributed by atoms with Crippen LogP contribution in [0.3, 0.4) is 0 Å². The lowest BCUT2D eigenvalue weighted by Crippen LogP contribution is -2.59. The van der Waals surface area contributed by atoms with Crippen LogP contribution in [0.4, 0.5) is 10.8 Å². The molecule has 1 saturated heterocycles. The first-order valence-electron chi connectivity index (χ1n) is 7.87. The van der Waals surface area contributed by atoms with Crippen molar-refractivity contribution in [1.82, 2.24) is 25.7 Å². The molecule has 25 heavy (non-hydrogen) atoms. The molecule has 2 atom stereocenters. The van der Waals surface area contributed by atoms with Gasteiger partial charge in [0.2, 0.25) is 0 Å². The zero-order valence-electron chi connectivity index (χ0n) is 14.1. The van der Waals surface area contributed by atoms with Crippen molar-refractivity contribution in [2.75, 3.05) is 7.05 Å². The predicted molar refractivity (Wildman–Crippen MR) is 108 cm³/mol. The van der Waals surface area contributed by atoms with E-state index in [0.717, 1.165) is 10.8 Å². The minimum Gasteiger partial charge on any atom is -0.190 e. The van der Waals surface area contributed by atoms with Gasteiger partial charge in [-0.15, -0.1) is 22.4 Å². The van der Waals surface area contributed by atoms with Gasteiger partial charge in [0.25, 0.3) is 0 Å². The maximum Gasteiger partial charge on any atom is 0.332 e. The molecule has 130 valence electrons. The fourth-order valence-corrected chi connectivity index (χ4v) is 3.84. The second-order valence-electron chi connectivity index (χ2n) is 6.03. The van der Waals surface area contributed by atoms with Crippen LogP contribution in [0.25, 0.3) is 0 Å². The Hall–Kier alpha value is -1.61. The van der Waals surface area contributed by atoms with Crippen molar-refractivity contribution in [3.8, 4) is 0 Å². The van der Waals surface area contributed by atoms with E-state index in [2.05, 4.69) is 71.3 Å². The Balaban J connectivity index is 0.00000182. The van der Waals surface area contributed by atoms with E-state index >= 15 is 0 Å². The molecule has 0 radical (unpaired) electrons. The Morgan fingerprint density at radius 1 is 1.04 bits per heavy atom. The Kier molecular flexibility index (Phi) is 5.06. The quantitative estimate of drug-likeness (QED) is 0.628. The standard InChI is InChI=1S/C18H20N5S.BrH/c1-18(15-9-5-3-6-10-15)20-23(21-22(18)2,17-19-13-14-24-17)16-11-7-4-8-12-16;/h3-14,20-21H,1-2H3;1H/q+1;. The molecule has 3 aromatic rings. The minimum atomic E-state index is -0.386. The zero-order chi connectivity index (χ0) is 16.6. The fourth-order valence-electron chi connectivity index (χ4n) is 3.13. The third kappa shape index (κ3) is 2.93. The maximum atomic E-state index is 4.58. The van der Waals surface area contributed by atoms with Crippen molar-refractivity contribution < 1.29 is 0 Å². The number of hydrazine groups is 1. The molecule has 5 nitrogen and oxygen atoms in total. The van der Waals surface area contributed by atoms with Crippen molar-refractivity contribution >= 4 is 39.1 Å².